The largest absolute Gasteiger partial charge is 1.00 e. The predicted octanol–water partition coefficient (Wildman–Crippen LogP) is -2.14. The van der Waals surface area contributed by atoms with E-state index in [1.54, 1.807) is 18.3 Å². The molecule has 0 saturated heterocycles. The van der Waals surface area contributed by atoms with Gasteiger partial charge in [-0.25, -0.2) is 4.98 Å². The molecule has 0 aromatic carbocycles. The number of hydrogen-bond acceptors (Lipinski definition) is 3. The van der Waals surface area contributed by atoms with Crippen molar-refractivity contribution >= 4 is 12.6 Å². The Morgan fingerprint density at radius 2 is 2.30 bits per heavy atom. The van der Waals surface area contributed by atoms with E-state index in [0.29, 0.717) is 10.6 Å². The van der Waals surface area contributed by atoms with Gasteiger partial charge in [-0.15, -0.1) is 4.90 Å². The summed E-state index contributed by atoms with van der Waals surface area (Å²) >= 11 is 4.77. The molecule has 10 heavy (non-hydrogen) atoms. The van der Waals surface area contributed by atoms with Crippen LogP contribution >= 0.6 is 0 Å². The average molecular weight is 158 g/mol. The molecule has 0 aliphatic rings. The van der Waals surface area contributed by atoms with Crippen LogP contribution in [0.2, 0.25) is 0 Å². The van der Waals surface area contributed by atoms with Gasteiger partial charge in [0.25, 0.3) is 0 Å². The van der Waals surface area contributed by atoms with Crippen molar-refractivity contribution in [1.82, 2.24) is 4.98 Å². The zero-order chi connectivity index (χ0) is 6.69. The van der Waals surface area contributed by atoms with E-state index in [9.17, 15) is 0 Å². The summed E-state index contributed by atoms with van der Waals surface area (Å²) in [4.78, 5) is 4.25. The van der Waals surface area contributed by atoms with Crippen LogP contribution in [0.3, 0.4) is 0 Å². The molecular weight excluding hydrogens is 155 g/mol. The molecular formula is C6H3N2NaS. The van der Waals surface area contributed by atoms with Crippen molar-refractivity contribution in [3.8, 4) is 6.07 Å². The second-order valence-electron chi connectivity index (χ2n) is 1.46. The Kier molecular flexibility index (Phi) is 4.58. The Balaban J connectivity index is 0.000000810. The van der Waals surface area contributed by atoms with Gasteiger partial charge in [0, 0.05) is 6.20 Å². The number of hydrogen-bond donors (Lipinski definition) is 0. The van der Waals surface area contributed by atoms with Crippen molar-refractivity contribution < 1.29 is 29.6 Å². The van der Waals surface area contributed by atoms with Crippen molar-refractivity contribution in [2.24, 2.45) is 0 Å². The maximum Gasteiger partial charge on any atom is 1.00 e. The van der Waals surface area contributed by atoms with Gasteiger partial charge in [-0.1, -0.05) is 6.07 Å². The molecule has 1 aromatic rings. The smallest absolute Gasteiger partial charge is 0.777 e. The van der Waals surface area contributed by atoms with E-state index < -0.39 is 0 Å². The van der Waals surface area contributed by atoms with Crippen LogP contribution in [0.5, 0.6) is 0 Å². The summed E-state index contributed by atoms with van der Waals surface area (Å²) in [6.45, 7) is 0. The minimum absolute atomic E-state index is 0. The topological polar surface area (TPSA) is 36.7 Å². The van der Waals surface area contributed by atoms with Gasteiger partial charge in [0.1, 0.15) is 11.8 Å². The van der Waals surface area contributed by atoms with Crippen molar-refractivity contribution in [3.05, 3.63) is 24.0 Å². The summed E-state index contributed by atoms with van der Waals surface area (Å²) in [6.07, 6.45) is 1.55. The predicted molar refractivity (Wildman–Crippen MR) is 34.6 cm³/mol. The quantitative estimate of drug-likeness (QED) is 0.319. The molecule has 0 aliphatic heterocycles. The Bertz CT molecular complexity index is 256. The first-order chi connectivity index (χ1) is 4.34. The van der Waals surface area contributed by atoms with E-state index in [2.05, 4.69) is 4.98 Å². The molecule has 0 radical (unpaired) electrons. The van der Waals surface area contributed by atoms with Gasteiger partial charge in [-0.2, -0.15) is 5.26 Å². The van der Waals surface area contributed by atoms with Crippen LogP contribution < -0.4 is 29.6 Å². The first-order valence-corrected chi connectivity index (χ1v) is 2.77. The van der Waals surface area contributed by atoms with Crippen LogP contribution in [0.15, 0.2) is 23.2 Å². The van der Waals surface area contributed by atoms with E-state index in [1.165, 1.54) is 0 Å². The Morgan fingerprint density at radius 1 is 1.60 bits per heavy atom. The SMILES string of the molecule is N#Cc1ncccc1[S-].[Na+]. The summed E-state index contributed by atoms with van der Waals surface area (Å²) in [7, 11) is 0. The van der Waals surface area contributed by atoms with E-state index in [0.717, 1.165) is 0 Å². The van der Waals surface area contributed by atoms with E-state index >= 15 is 0 Å². The van der Waals surface area contributed by atoms with Gasteiger partial charge in [0.2, 0.25) is 0 Å². The molecule has 4 heteroatoms. The number of aromatic nitrogens is 1. The Hall–Kier alpha value is -0.140. The number of nitriles is 1. The van der Waals surface area contributed by atoms with Gasteiger partial charge in [-0.05, 0) is 6.07 Å². The van der Waals surface area contributed by atoms with Crippen LogP contribution in [0.25, 0.3) is 0 Å². The van der Waals surface area contributed by atoms with E-state index in [1.807, 2.05) is 6.07 Å². The average Bonchev–Trinajstić information content (AvgIpc) is 1.89. The number of pyridine rings is 1. The van der Waals surface area contributed by atoms with Crippen LogP contribution in [-0.4, -0.2) is 4.98 Å². The van der Waals surface area contributed by atoms with E-state index in [4.69, 9.17) is 17.9 Å². The molecule has 1 aromatic heterocycles. The second-order valence-corrected chi connectivity index (χ2v) is 1.90. The van der Waals surface area contributed by atoms with Crippen molar-refractivity contribution in [1.29, 1.82) is 5.26 Å². The number of rotatable bonds is 0. The van der Waals surface area contributed by atoms with Gasteiger partial charge < -0.3 is 12.6 Å². The summed E-state index contributed by atoms with van der Waals surface area (Å²) in [6, 6.07) is 5.27. The first-order valence-electron chi connectivity index (χ1n) is 2.36. The van der Waals surface area contributed by atoms with Gasteiger partial charge in [-0.3, -0.25) is 0 Å². The normalized spacial score (nSPS) is 7.50. The zero-order valence-corrected chi connectivity index (χ0v) is 8.35. The molecule has 0 atom stereocenters. The Morgan fingerprint density at radius 3 is 2.70 bits per heavy atom. The molecule has 1 rings (SSSR count). The molecule has 0 bridgehead atoms. The maximum absolute atomic E-state index is 8.34. The fourth-order valence-electron chi connectivity index (χ4n) is 0.475. The maximum atomic E-state index is 8.34. The molecule has 0 unspecified atom stereocenters. The third kappa shape index (κ3) is 2.24. The van der Waals surface area contributed by atoms with Crippen LogP contribution in [0, 0.1) is 11.3 Å². The van der Waals surface area contributed by atoms with Gasteiger partial charge >= 0.3 is 29.6 Å². The molecule has 0 amide bonds. The van der Waals surface area contributed by atoms with Crippen molar-refractivity contribution in [2.75, 3.05) is 0 Å². The first kappa shape index (κ1) is 9.86. The minimum Gasteiger partial charge on any atom is -0.777 e. The monoisotopic (exact) mass is 158 g/mol. The third-order valence-electron chi connectivity index (χ3n) is 0.877. The molecule has 44 valence electrons. The fourth-order valence-corrected chi connectivity index (χ4v) is 0.651. The summed E-state index contributed by atoms with van der Waals surface area (Å²) in [5, 5.41) is 8.34. The number of nitrogens with zero attached hydrogens (tertiary/aromatic N) is 2. The summed E-state index contributed by atoms with van der Waals surface area (Å²) in [5.74, 6) is 0. The van der Waals surface area contributed by atoms with Crippen LogP contribution in [0.4, 0.5) is 0 Å². The molecule has 1 heterocycles. The van der Waals surface area contributed by atoms with Crippen LogP contribution in [-0.2, 0) is 12.6 Å². The molecule has 0 spiro atoms. The Labute approximate surface area is 87.0 Å². The minimum atomic E-state index is 0. The molecule has 0 N–H and O–H groups in total. The van der Waals surface area contributed by atoms with Crippen LogP contribution in [0.1, 0.15) is 5.69 Å². The fraction of sp³-hybridized carbons (Fsp3) is 0. The second kappa shape index (κ2) is 4.64. The third-order valence-corrected chi connectivity index (χ3v) is 1.21. The standard InChI is InChI=1S/C6H4N2S.Na/c7-4-5-6(9)2-1-3-8-5;/h1-3,9H;/q;+1/p-1. The molecule has 2 nitrogen and oxygen atoms in total. The van der Waals surface area contributed by atoms with Crippen molar-refractivity contribution in [3.63, 3.8) is 0 Å². The molecule has 0 fully saturated rings. The van der Waals surface area contributed by atoms with Crippen molar-refractivity contribution in [2.45, 2.75) is 4.90 Å². The van der Waals surface area contributed by atoms with Gasteiger partial charge in [0.05, 0.1) is 0 Å². The zero-order valence-electron chi connectivity index (χ0n) is 5.53. The molecule has 0 aliphatic carbocycles. The molecule has 0 saturated carbocycles. The van der Waals surface area contributed by atoms with Gasteiger partial charge in [0.15, 0.2) is 0 Å². The van der Waals surface area contributed by atoms with E-state index in [-0.39, 0.29) is 29.6 Å². The summed E-state index contributed by atoms with van der Waals surface area (Å²) < 4.78 is 0. The summed E-state index contributed by atoms with van der Waals surface area (Å²) in [5.41, 5.74) is 0.326.